The Bertz CT molecular complexity index is 1340. The van der Waals surface area contributed by atoms with Gasteiger partial charge < -0.3 is 19.5 Å². The van der Waals surface area contributed by atoms with Crippen molar-refractivity contribution in [1.82, 2.24) is 14.3 Å². The van der Waals surface area contributed by atoms with E-state index < -0.39 is 0 Å². The number of benzene rings is 2. The van der Waals surface area contributed by atoms with Crippen LogP contribution in [0.1, 0.15) is 29.9 Å². The third kappa shape index (κ3) is 4.49. The molecule has 186 valence electrons. The maximum atomic E-state index is 13.1. The van der Waals surface area contributed by atoms with Crippen LogP contribution >= 0.6 is 0 Å². The van der Waals surface area contributed by atoms with Gasteiger partial charge in [-0.05, 0) is 70.0 Å². The molecule has 4 aromatic rings. The molecule has 2 aromatic heterocycles. The van der Waals surface area contributed by atoms with Crippen LogP contribution in [0.25, 0.3) is 11.4 Å². The summed E-state index contributed by atoms with van der Waals surface area (Å²) in [5.74, 6) is 1.83. The van der Waals surface area contributed by atoms with Gasteiger partial charge in [-0.25, -0.2) is 4.68 Å². The number of amides is 1. The Morgan fingerprint density at radius 1 is 0.944 bits per heavy atom. The van der Waals surface area contributed by atoms with Crippen molar-refractivity contribution < 1.29 is 9.53 Å². The number of nitrogens with zero attached hydrogens (tertiary/aromatic N) is 4. The van der Waals surface area contributed by atoms with Gasteiger partial charge >= 0.3 is 0 Å². The van der Waals surface area contributed by atoms with Gasteiger partial charge in [-0.1, -0.05) is 24.3 Å². The molecule has 0 unspecified atom stereocenters. The average Bonchev–Trinajstić information content (AvgIpc) is 3.42. The summed E-state index contributed by atoms with van der Waals surface area (Å²) in [4.78, 5) is 15.4. The van der Waals surface area contributed by atoms with Crippen LogP contribution < -0.4 is 15.0 Å². The van der Waals surface area contributed by atoms with Crippen LogP contribution in [0.4, 0.5) is 11.5 Å². The number of nitrogens with one attached hydrogen (secondary N) is 1. The third-order valence-electron chi connectivity index (χ3n) is 7.00. The molecule has 3 heterocycles. The largest absolute Gasteiger partial charge is 0.497 e. The number of hydrogen-bond acceptors (Lipinski definition) is 4. The molecule has 1 aliphatic heterocycles. The Kier molecular flexibility index (Phi) is 6.55. The van der Waals surface area contributed by atoms with Crippen molar-refractivity contribution in [2.45, 2.75) is 33.6 Å². The Morgan fingerprint density at radius 3 is 2.31 bits per heavy atom. The molecule has 0 radical (unpaired) electrons. The monoisotopic (exact) mass is 483 g/mol. The quantitative estimate of drug-likeness (QED) is 0.396. The molecular weight excluding hydrogens is 450 g/mol. The van der Waals surface area contributed by atoms with Crippen molar-refractivity contribution in [2.75, 3.05) is 30.4 Å². The highest BCUT2D eigenvalue weighted by Gasteiger charge is 2.30. The van der Waals surface area contributed by atoms with Gasteiger partial charge in [0.2, 0.25) is 5.91 Å². The second-order valence-electron chi connectivity index (χ2n) is 9.44. The second kappa shape index (κ2) is 9.93. The molecule has 0 spiro atoms. The van der Waals surface area contributed by atoms with E-state index in [2.05, 4.69) is 64.5 Å². The zero-order valence-corrected chi connectivity index (χ0v) is 21.4. The third-order valence-corrected chi connectivity index (χ3v) is 7.00. The maximum absolute atomic E-state index is 13.1. The molecule has 7 heteroatoms. The van der Waals surface area contributed by atoms with E-state index in [9.17, 15) is 4.79 Å². The molecule has 0 bridgehead atoms. The van der Waals surface area contributed by atoms with Gasteiger partial charge in [0.25, 0.3) is 0 Å². The minimum atomic E-state index is -0.0415. The van der Waals surface area contributed by atoms with Crippen LogP contribution in [-0.2, 0) is 4.79 Å². The summed E-state index contributed by atoms with van der Waals surface area (Å²) in [6.07, 6.45) is 1.55. The molecule has 5 rings (SSSR count). The number of rotatable bonds is 6. The lowest BCUT2D eigenvalue weighted by atomic mass is 9.95. The van der Waals surface area contributed by atoms with E-state index in [1.165, 1.54) is 11.4 Å². The molecule has 0 atom stereocenters. The van der Waals surface area contributed by atoms with Crippen LogP contribution in [0, 0.1) is 26.7 Å². The number of para-hydroxylation sites is 1. The Labute approximate surface area is 212 Å². The fraction of sp³-hybridized carbons (Fsp3) is 0.310. The molecule has 7 nitrogen and oxygen atoms in total. The number of carbonyl (C=O) groups excluding carboxylic acids is 1. The van der Waals surface area contributed by atoms with E-state index in [0.29, 0.717) is 0 Å². The number of piperidine rings is 1. The topological polar surface area (TPSA) is 64.3 Å². The Balaban J connectivity index is 1.42. The van der Waals surface area contributed by atoms with Crippen molar-refractivity contribution >= 4 is 17.4 Å². The molecule has 1 aliphatic rings. The fourth-order valence-electron chi connectivity index (χ4n) is 5.12. The standard InChI is InChI=1S/C29H33N5O2/c1-20-13-14-21(2)33(20)27-22(3)31-34(25-10-6-5-7-11-25)29(27)32-17-15-23(16-18-32)28(35)30-24-9-8-12-26(19-24)36-4/h5-14,19,23H,15-18H2,1-4H3,(H,30,35). The van der Waals surface area contributed by atoms with E-state index >= 15 is 0 Å². The van der Waals surface area contributed by atoms with Crippen LogP contribution in [0.2, 0.25) is 0 Å². The number of anilines is 2. The van der Waals surface area contributed by atoms with Crippen LogP contribution in [0.5, 0.6) is 5.75 Å². The number of hydrogen-bond donors (Lipinski definition) is 1. The number of aromatic nitrogens is 3. The van der Waals surface area contributed by atoms with Crippen LogP contribution in [0.3, 0.4) is 0 Å². The van der Waals surface area contributed by atoms with Gasteiger partial charge in [-0.2, -0.15) is 5.10 Å². The van der Waals surface area contributed by atoms with Gasteiger partial charge in [0.1, 0.15) is 11.4 Å². The molecule has 2 aromatic carbocycles. The van der Waals surface area contributed by atoms with E-state index in [0.717, 1.165) is 60.3 Å². The molecule has 1 saturated heterocycles. The minimum absolute atomic E-state index is 0.0415. The molecule has 0 saturated carbocycles. The van der Waals surface area contributed by atoms with E-state index in [1.54, 1.807) is 7.11 Å². The lowest BCUT2D eigenvalue weighted by Gasteiger charge is -2.34. The van der Waals surface area contributed by atoms with E-state index in [4.69, 9.17) is 9.84 Å². The summed E-state index contributed by atoms with van der Waals surface area (Å²) in [5, 5.41) is 8.06. The SMILES string of the molecule is COc1cccc(NC(=O)C2CCN(c3c(-n4c(C)ccc4C)c(C)nn3-c3ccccc3)CC2)c1. The number of carbonyl (C=O) groups is 1. The molecule has 36 heavy (non-hydrogen) atoms. The first-order valence-electron chi connectivity index (χ1n) is 12.5. The van der Waals surface area contributed by atoms with Gasteiger partial charge in [-0.3, -0.25) is 4.79 Å². The van der Waals surface area contributed by atoms with Crippen molar-refractivity contribution in [3.8, 4) is 17.1 Å². The number of methoxy groups -OCH3 is 1. The van der Waals surface area contributed by atoms with Gasteiger partial charge in [0.05, 0.1) is 18.5 Å². The maximum Gasteiger partial charge on any atom is 0.227 e. The van der Waals surface area contributed by atoms with Gasteiger partial charge in [0.15, 0.2) is 5.82 Å². The van der Waals surface area contributed by atoms with Crippen molar-refractivity contribution in [1.29, 1.82) is 0 Å². The summed E-state index contributed by atoms with van der Waals surface area (Å²) in [7, 11) is 1.63. The molecule has 1 fully saturated rings. The van der Waals surface area contributed by atoms with Gasteiger partial charge in [-0.15, -0.1) is 0 Å². The summed E-state index contributed by atoms with van der Waals surface area (Å²) in [5.41, 5.74) is 6.24. The highest BCUT2D eigenvalue weighted by molar-refractivity contribution is 5.93. The lowest BCUT2D eigenvalue weighted by molar-refractivity contribution is -0.120. The number of ether oxygens (including phenoxy) is 1. The molecule has 1 amide bonds. The van der Waals surface area contributed by atoms with Gasteiger partial charge in [0, 0.05) is 42.1 Å². The van der Waals surface area contributed by atoms with Crippen molar-refractivity contribution in [3.63, 3.8) is 0 Å². The van der Waals surface area contributed by atoms with Crippen LogP contribution in [-0.4, -0.2) is 40.5 Å². The zero-order valence-electron chi connectivity index (χ0n) is 21.4. The van der Waals surface area contributed by atoms with Crippen molar-refractivity contribution in [3.05, 3.63) is 83.8 Å². The number of aryl methyl sites for hydroxylation is 3. The first-order chi connectivity index (χ1) is 17.5. The predicted molar refractivity (Wildman–Crippen MR) is 144 cm³/mol. The molecular formula is C29H33N5O2. The highest BCUT2D eigenvalue weighted by atomic mass is 16.5. The predicted octanol–water partition coefficient (Wildman–Crippen LogP) is 5.45. The normalized spacial score (nSPS) is 14.2. The smallest absolute Gasteiger partial charge is 0.227 e. The fourth-order valence-corrected chi connectivity index (χ4v) is 5.12. The van der Waals surface area contributed by atoms with Crippen LogP contribution in [0.15, 0.2) is 66.7 Å². The first kappa shape index (κ1) is 23.7. The lowest BCUT2D eigenvalue weighted by Crippen LogP contribution is -2.39. The Hall–Kier alpha value is -4.00. The summed E-state index contributed by atoms with van der Waals surface area (Å²) in [6.45, 7) is 7.89. The highest BCUT2D eigenvalue weighted by Crippen LogP contribution is 2.35. The summed E-state index contributed by atoms with van der Waals surface area (Å²) in [6, 6.07) is 22.1. The Morgan fingerprint density at radius 2 is 1.64 bits per heavy atom. The van der Waals surface area contributed by atoms with Crippen molar-refractivity contribution in [2.24, 2.45) is 5.92 Å². The minimum Gasteiger partial charge on any atom is -0.497 e. The molecule has 1 N–H and O–H groups in total. The zero-order chi connectivity index (χ0) is 25.2. The van der Waals surface area contributed by atoms with E-state index in [-0.39, 0.29) is 11.8 Å². The summed E-state index contributed by atoms with van der Waals surface area (Å²) < 4.78 is 9.63. The first-order valence-corrected chi connectivity index (χ1v) is 12.5. The van der Waals surface area contributed by atoms with E-state index in [1.807, 2.05) is 42.5 Å². The molecule has 0 aliphatic carbocycles. The second-order valence-corrected chi connectivity index (χ2v) is 9.44. The summed E-state index contributed by atoms with van der Waals surface area (Å²) >= 11 is 0. The average molecular weight is 484 g/mol.